The Balaban J connectivity index is 0.000000834. The first-order valence-corrected chi connectivity index (χ1v) is 33.1. The van der Waals surface area contributed by atoms with Gasteiger partial charge >= 0.3 is 84.5 Å². The number of carbonyl (C=O) groups is 6. The number of hydrogen-bond acceptors (Lipinski definition) is 16. The molecule has 2 saturated heterocycles. The fourth-order valence-electron chi connectivity index (χ4n) is 10.5. The zero-order chi connectivity index (χ0) is 51.2. The fourth-order valence-corrected chi connectivity index (χ4v) is 15.1. The Bertz CT molecular complexity index is 2540. The zero-order valence-corrected chi connectivity index (χ0v) is 44.6. The number of esters is 4. The number of Topliss-reactive ketones (excluding diaryl/α,β-unsaturated/α-hetero) is 1. The maximum absolute atomic E-state index is 15.5. The summed E-state index contributed by atoms with van der Waals surface area (Å²) in [5.74, 6) is -6.84. The van der Waals surface area contributed by atoms with E-state index < -0.39 is 127 Å². The molecule has 2 bridgehead atoms. The number of aliphatic hydroxyl groups is 3. The van der Waals surface area contributed by atoms with E-state index in [-0.39, 0.29) is 41.5 Å². The molecule has 2 aliphatic heterocycles. The molecular formula is C49H59Cl3N2O16Te+. The molecule has 18 nitrogen and oxygen atoms in total. The van der Waals surface area contributed by atoms with Crippen molar-refractivity contribution in [2.45, 2.75) is 108 Å². The van der Waals surface area contributed by atoms with E-state index in [1.165, 1.54) is 26.0 Å². The minimum atomic E-state index is -4.20. The van der Waals surface area contributed by atoms with Crippen LogP contribution in [0.25, 0.3) is 0 Å². The van der Waals surface area contributed by atoms with Crippen LogP contribution in [0.1, 0.15) is 86.7 Å². The van der Waals surface area contributed by atoms with Crippen LogP contribution in [0.5, 0.6) is 0 Å². The molecule has 0 aromatic heterocycles. The molecule has 3 aliphatic carbocycles. The molecule has 5 aliphatic rings. The monoisotopic (exact) mass is 1170 g/mol. The molecule has 2 heterocycles. The van der Waals surface area contributed by atoms with E-state index in [0.717, 1.165) is 13.8 Å². The van der Waals surface area contributed by atoms with Gasteiger partial charge in [0.25, 0.3) is 5.91 Å². The Labute approximate surface area is 423 Å². The zero-order valence-electron chi connectivity index (χ0n) is 40.0. The minimum Gasteiger partial charge on any atom is -0.369 e. The van der Waals surface area contributed by atoms with Gasteiger partial charge in [-0.15, -0.1) is 0 Å². The average Bonchev–Trinajstić information content (AvgIpc) is 3.67. The summed E-state index contributed by atoms with van der Waals surface area (Å²) in [6, 6.07) is 22.9. The van der Waals surface area contributed by atoms with Crippen LogP contribution in [-0.4, -0.2) is 133 Å². The molecule has 3 aromatic rings. The number of ketones is 1. The van der Waals surface area contributed by atoms with Crippen molar-refractivity contribution in [2.24, 2.45) is 16.7 Å². The Hall–Kier alpha value is -4.20. The van der Waals surface area contributed by atoms with Gasteiger partial charge in [-0.3, -0.25) is 19.2 Å². The van der Waals surface area contributed by atoms with Crippen molar-refractivity contribution in [3.63, 3.8) is 0 Å². The number of quaternary nitrogens is 1. The van der Waals surface area contributed by atoms with Crippen LogP contribution >= 0.6 is 26.9 Å². The SMILES string of the molecule is CC(=O)O[C@H]1C(=O)[C@@]2(C)[C@H]([C@H](OC(=O)c3ccccc3)[C@]3(O)C[C@H](OC(=O)[C@H](O)[C@@H](NC(=O)c4ccccc4)c4ccccc4)C(C)=C1C3(C)C)[C@]1(OC(C)=O)CO[C@@H]1C[C@@H]2O.Cl[Te]1(Cl)(Cl)OCCO1.[NH4+]. The van der Waals surface area contributed by atoms with E-state index >= 15 is 4.79 Å². The average molecular weight is 1170 g/mol. The number of hydrogen-bond donors (Lipinski definition) is 5. The molecule has 1 radical (unpaired) electrons. The standard InChI is InChI=1S/C47H51NO14.C2H4Cl3O2Te.H3N/c1-25-31(60-43(56)36(52)35(28-16-10-7-11-17-28)48-41(54)29-18-12-8-13-19-29)23-47(57)40(61-42(55)30-20-14-9-15-21-30)38-45(6,32(51)22-33-46(38,24-58-33)62-27(3)50)39(53)37(59-26(2)49)34(25)44(47,4)5;3-8(4,5)6-1-2-7-8;/h7-21,31-33,35-38,40,51-52,57H,22-24H2,1-6H3,(H,48,54);1-2H2;1H3/p+1/t31-,32-,33+,35-,36+,37+,38-,40-,45+,46-,47+;;/m0../s1. The largest absolute Gasteiger partial charge is 0.369 e. The van der Waals surface area contributed by atoms with Crippen LogP contribution in [0.3, 0.4) is 0 Å². The smallest absolute Gasteiger partial charge is 0.369 e. The van der Waals surface area contributed by atoms with Crippen molar-refractivity contribution >= 4 is 76.7 Å². The summed E-state index contributed by atoms with van der Waals surface area (Å²) in [6.07, 6.45) is -10.5. The normalized spacial score (nSPS) is 32.1. The number of rotatable bonds is 10. The number of aliphatic hydroxyl groups excluding tert-OH is 2. The maximum Gasteiger partial charge on any atom is -0.369 e. The first-order chi connectivity index (χ1) is 32.7. The molecule has 71 heavy (non-hydrogen) atoms. The van der Waals surface area contributed by atoms with Crippen LogP contribution in [0.4, 0.5) is 0 Å². The number of amides is 1. The molecule has 0 spiro atoms. The van der Waals surface area contributed by atoms with Crippen LogP contribution in [-0.2, 0) is 49.1 Å². The molecule has 1 amide bonds. The molecule has 2 saturated carbocycles. The Kier molecular flexibility index (Phi) is 16.6. The molecule has 11 atom stereocenters. The first kappa shape index (κ1) is 56.1. The third-order valence-corrected chi connectivity index (χ3v) is 20.7. The van der Waals surface area contributed by atoms with Gasteiger partial charge in [0.2, 0.25) is 0 Å². The van der Waals surface area contributed by atoms with Gasteiger partial charge in [-0.25, -0.2) is 9.59 Å². The summed E-state index contributed by atoms with van der Waals surface area (Å²) in [4.78, 5) is 83.5. The first-order valence-electron chi connectivity index (χ1n) is 22.3. The van der Waals surface area contributed by atoms with Crippen molar-refractivity contribution in [1.82, 2.24) is 11.5 Å². The summed E-state index contributed by atoms with van der Waals surface area (Å²) in [5, 5.41) is 40.2. The van der Waals surface area contributed by atoms with E-state index in [0.29, 0.717) is 18.8 Å². The third-order valence-electron chi connectivity index (χ3n) is 14.1. The van der Waals surface area contributed by atoms with E-state index in [9.17, 15) is 39.3 Å². The van der Waals surface area contributed by atoms with Gasteiger partial charge in [-0.1, -0.05) is 80.6 Å². The maximum atomic E-state index is 15.5. The Morgan fingerprint density at radius 2 is 1.37 bits per heavy atom. The quantitative estimate of drug-likeness (QED) is 0.0700. The van der Waals surface area contributed by atoms with Crippen LogP contribution in [0, 0.1) is 16.7 Å². The molecule has 387 valence electrons. The van der Waals surface area contributed by atoms with E-state index in [2.05, 4.69) is 5.32 Å². The molecule has 8 rings (SSSR count). The molecule has 4 fully saturated rings. The summed E-state index contributed by atoms with van der Waals surface area (Å²) in [7, 11) is 16.5. The van der Waals surface area contributed by atoms with Crippen LogP contribution in [0.2, 0.25) is 0 Å². The number of benzene rings is 3. The molecule has 3 aromatic carbocycles. The van der Waals surface area contributed by atoms with Gasteiger partial charge in [0.1, 0.15) is 23.9 Å². The van der Waals surface area contributed by atoms with E-state index in [1.807, 2.05) is 0 Å². The van der Waals surface area contributed by atoms with Crippen molar-refractivity contribution < 1.29 is 74.0 Å². The molecular weight excluding hydrogens is 1110 g/mol. The topological polar surface area (TPSA) is 276 Å². The van der Waals surface area contributed by atoms with Crippen molar-refractivity contribution in [3.05, 3.63) is 119 Å². The van der Waals surface area contributed by atoms with Gasteiger partial charge in [-0.2, -0.15) is 0 Å². The summed E-state index contributed by atoms with van der Waals surface area (Å²) in [6.45, 7) is 8.80. The predicted molar refractivity (Wildman–Crippen MR) is 259 cm³/mol. The van der Waals surface area contributed by atoms with Crippen molar-refractivity contribution in [1.29, 1.82) is 0 Å². The van der Waals surface area contributed by atoms with E-state index in [1.54, 1.807) is 92.7 Å². The third kappa shape index (κ3) is 10.8. The van der Waals surface area contributed by atoms with Gasteiger partial charge in [0.15, 0.2) is 23.6 Å². The molecule has 0 unspecified atom stereocenters. The van der Waals surface area contributed by atoms with E-state index in [4.69, 9.17) is 56.8 Å². The number of fused-ring (bicyclic) bond motifs is 5. The van der Waals surface area contributed by atoms with Crippen molar-refractivity contribution in [3.8, 4) is 0 Å². The number of nitrogens with one attached hydrogen (secondary N) is 1. The van der Waals surface area contributed by atoms with Crippen molar-refractivity contribution in [2.75, 3.05) is 19.8 Å². The molecule has 22 heteroatoms. The minimum absolute atomic E-state index is 0. The van der Waals surface area contributed by atoms with Crippen LogP contribution in [0.15, 0.2) is 102 Å². The number of ether oxygens (including phenoxy) is 5. The second kappa shape index (κ2) is 21.0. The fraction of sp³-hybridized carbons (Fsp3) is 0.469. The predicted octanol–water partition coefficient (Wildman–Crippen LogP) is 5.75. The van der Waals surface area contributed by atoms with Gasteiger partial charge in [0.05, 0.1) is 35.6 Å². The summed E-state index contributed by atoms with van der Waals surface area (Å²) >= 11 is -4.20. The Morgan fingerprint density at radius 1 is 0.817 bits per heavy atom. The second-order valence-electron chi connectivity index (χ2n) is 18.6. The Morgan fingerprint density at radius 3 is 1.86 bits per heavy atom. The van der Waals surface area contributed by atoms with Crippen LogP contribution < -0.4 is 11.5 Å². The second-order valence-corrected chi connectivity index (χ2v) is 38.0. The van der Waals surface area contributed by atoms with Gasteiger partial charge < -0.3 is 50.5 Å². The molecule has 8 N–H and O–H groups in total. The van der Waals surface area contributed by atoms with Gasteiger partial charge in [-0.05, 0) is 54.8 Å². The number of halogens is 3. The van der Waals surface area contributed by atoms with Gasteiger partial charge in [0, 0.05) is 37.7 Å². The summed E-state index contributed by atoms with van der Waals surface area (Å²) < 4.78 is 39.9. The summed E-state index contributed by atoms with van der Waals surface area (Å²) in [5.41, 5.74) is -7.02. The number of carbonyl (C=O) groups excluding carboxylic acids is 6.